The second-order valence-corrected chi connectivity index (χ2v) is 2.89. The Bertz CT molecular complexity index is 420. The minimum atomic E-state index is 0.342. The molecule has 2 aromatic rings. The van der Waals surface area contributed by atoms with E-state index in [2.05, 4.69) is 15.3 Å². The van der Waals surface area contributed by atoms with Crippen molar-refractivity contribution in [2.45, 2.75) is 13.3 Å². The van der Waals surface area contributed by atoms with Crippen molar-refractivity contribution in [1.82, 2.24) is 15.3 Å². The van der Waals surface area contributed by atoms with Crippen LogP contribution in [-0.4, -0.2) is 21.8 Å². The summed E-state index contributed by atoms with van der Waals surface area (Å²) in [4.78, 5) is 4.09. The van der Waals surface area contributed by atoms with Crippen LogP contribution in [0.25, 0.3) is 11.7 Å². The number of hydrogen-bond donors (Lipinski definition) is 1. The molecule has 0 aromatic carbocycles. The van der Waals surface area contributed by atoms with Crippen LogP contribution in [0.3, 0.4) is 0 Å². The average molecular weight is 194 g/mol. The Morgan fingerprint density at radius 3 is 2.86 bits per heavy atom. The largest absolute Gasteiger partial charge is 0.351 e. The molecule has 0 aliphatic rings. The number of nitrogens with zero attached hydrogens (tertiary/aromatic N) is 3. The highest BCUT2D eigenvalue weighted by Gasteiger charge is 2.12. The molecule has 0 fully saturated rings. The summed E-state index contributed by atoms with van der Waals surface area (Å²) in [7, 11) is 0. The Hall–Kier alpha value is -1.69. The maximum absolute atomic E-state index is 5.36. The number of rotatable bonds is 3. The van der Waals surface area contributed by atoms with E-state index in [1.165, 1.54) is 0 Å². The maximum Gasteiger partial charge on any atom is 0.296 e. The first-order chi connectivity index (χ1) is 6.79. The molecule has 0 bridgehead atoms. The van der Waals surface area contributed by atoms with Gasteiger partial charge in [0.15, 0.2) is 5.82 Å². The summed E-state index contributed by atoms with van der Waals surface area (Å²) in [6, 6.07) is 1.74. The predicted molar refractivity (Wildman–Crippen MR) is 47.3 cm³/mol. The van der Waals surface area contributed by atoms with E-state index in [0.29, 0.717) is 30.4 Å². The molecular weight excluding hydrogens is 184 g/mol. The first-order valence-corrected chi connectivity index (χ1v) is 4.26. The van der Waals surface area contributed by atoms with Crippen molar-refractivity contribution in [3.63, 3.8) is 0 Å². The van der Waals surface area contributed by atoms with Crippen LogP contribution in [0.2, 0.25) is 0 Å². The van der Waals surface area contributed by atoms with Crippen molar-refractivity contribution < 1.29 is 9.05 Å². The number of nitrogens with two attached hydrogens (primary N) is 1. The van der Waals surface area contributed by atoms with Crippen LogP contribution < -0.4 is 5.73 Å². The molecule has 0 aliphatic heterocycles. The Balaban J connectivity index is 2.24. The Morgan fingerprint density at radius 1 is 1.36 bits per heavy atom. The second-order valence-electron chi connectivity index (χ2n) is 2.89. The van der Waals surface area contributed by atoms with Crippen LogP contribution in [0, 0.1) is 6.92 Å². The van der Waals surface area contributed by atoms with Crippen molar-refractivity contribution in [1.29, 1.82) is 0 Å². The normalized spacial score (nSPS) is 10.7. The van der Waals surface area contributed by atoms with E-state index < -0.39 is 0 Å². The lowest BCUT2D eigenvalue weighted by Gasteiger charge is -1.83. The van der Waals surface area contributed by atoms with Crippen molar-refractivity contribution in [3.8, 4) is 11.7 Å². The Morgan fingerprint density at radius 2 is 2.21 bits per heavy atom. The quantitative estimate of drug-likeness (QED) is 0.766. The summed E-state index contributed by atoms with van der Waals surface area (Å²) in [6.07, 6.45) is 0.594. The highest BCUT2D eigenvalue weighted by molar-refractivity contribution is 5.43. The van der Waals surface area contributed by atoms with Crippen molar-refractivity contribution in [2.24, 2.45) is 5.73 Å². The lowest BCUT2D eigenvalue weighted by Crippen LogP contribution is -2.03. The van der Waals surface area contributed by atoms with Gasteiger partial charge in [-0.15, -0.1) is 0 Å². The monoisotopic (exact) mass is 194 g/mol. The molecule has 2 rings (SSSR count). The molecular formula is C8H10N4O2. The van der Waals surface area contributed by atoms with Crippen LogP contribution in [0.5, 0.6) is 0 Å². The van der Waals surface area contributed by atoms with E-state index in [4.69, 9.17) is 14.8 Å². The molecule has 6 nitrogen and oxygen atoms in total. The van der Waals surface area contributed by atoms with Crippen LogP contribution in [0.15, 0.2) is 15.1 Å². The van der Waals surface area contributed by atoms with Gasteiger partial charge in [-0.05, 0) is 13.5 Å². The van der Waals surface area contributed by atoms with E-state index in [-0.39, 0.29) is 0 Å². The van der Waals surface area contributed by atoms with Gasteiger partial charge >= 0.3 is 0 Å². The van der Waals surface area contributed by atoms with Crippen LogP contribution in [0.4, 0.5) is 0 Å². The lowest BCUT2D eigenvalue weighted by atomic mass is 10.4. The minimum Gasteiger partial charge on any atom is -0.351 e. The van der Waals surface area contributed by atoms with Crippen LogP contribution >= 0.6 is 0 Å². The fourth-order valence-corrected chi connectivity index (χ4v) is 1.05. The first kappa shape index (κ1) is 8.89. The van der Waals surface area contributed by atoms with E-state index in [9.17, 15) is 0 Å². The first-order valence-electron chi connectivity index (χ1n) is 4.26. The van der Waals surface area contributed by atoms with Crippen LogP contribution in [-0.2, 0) is 6.42 Å². The molecule has 0 saturated heterocycles. The van der Waals surface area contributed by atoms with Crippen molar-refractivity contribution in [3.05, 3.63) is 17.6 Å². The van der Waals surface area contributed by atoms with Crippen molar-refractivity contribution in [2.75, 3.05) is 6.54 Å². The summed E-state index contributed by atoms with van der Waals surface area (Å²) in [5.74, 6) is 1.41. The van der Waals surface area contributed by atoms with Gasteiger partial charge < -0.3 is 14.8 Å². The van der Waals surface area contributed by atoms with Gasteiger partial charge in [0.2, 0.25) is 5.76 Å². The van der Waals surface area contributed by atoms with E-state index in [1.807, 2.05) is 6.92 Å². The Kier molecular flexibility index (Phi) is 2.28. The predicted octanol–water partition coefficient (Wildman–Crippen LogP) is 0.534. The average Bonchev–Trinajstić information content (AvgIpc) is 2.74. The third-order valence-electron chi connectivity index (χ3n) is 1.67. The van der Waals surface area contributed by atoms with Gasteiger partial charge in [0, 0.05) is 12.5 Å². The van der Waals surface area contributed by atoms with E-state index >= 15 is 0 Å². The second kappa shape index (κ2) is 3.59. The molecule has 14 heavy (non-hydrogen) atoms. The fourth-order valence-electron chi connectivity index (χ4n) is 1.05. The molecule has 2 aromatic heterocycles. The zero-order chi connectivity index (χ0) is 9.97. The zero-order valence-corrected chi connectivity index (χ0v) is 7.73. The third kappa shape index (κ3) is 1.64. The van der Waals surface area contributed by atoms with Gasteiger partial charge in [0.1, 0.15) is 0 Å². The van der Waals surface area contributed by atoms with Gasteiger partial charge in [0.05, 0.1) is 5.69 Å². The topological polar surface area (TPSA) is 91.0 Å². The molecule has 0 saturated carbocycles. The molecule has 0 amide bonds. The molecule has 2 N–H and O–H groups in total. The summed E-state index contributed by atoms with van der Waals surface area (Å²) in [6.45, 7) is 2.32. The Labute approximate surface area is 80.1 Å². The summed E-state index contributed by atoms with van der Waals surface area (Å²) >= 11 is 0. The number of aromatic nitrogens is 3. The zero-order valence-electron chi connectivity index (χ0n) is 7.73. The molecule has 0 aliphatic carbocycles. The molecule has 2 heterocycles. The van der Waals surface area contributed by atoms with Crippen molar-refractivity contribution >= 4 is 0 Å². The van der Waals surface area contributed by atoms with Gasteiger partial charge in [0.25, 0.3) is 5.89 Å². The third-order valence-corrected chi connectivity index (χ3v) is 1.67. The van der Waals surface area contributed by atoms with Crippen LogP contribution in [0.1, 0.15) is 11.5 Å². The number of aryl methyl sites for hydroxylation is 1. The molecule has 0 spiro atoms. The summed E-state index contributed by atoms with van der Waals surface area (Å²) < 4.78 is 9.93. The maximum atomic E-state index is 5.36. The fraction of sp³-hybridized carbons (Fsp3) is 0.375. The highest BCUT2D eigenvalue weighted by Crippen LogP contribution is 2.17. The van der Waals surface area contributed by atoms with E-state index in [0.717, 1.165) is 5.69 Å². The molecule has 6 heteroatoms. The minimum absolute atomic E-state index is 0.342. The van der Waals surface area contributed by atoms with Gasteiger partial charge in [-0.2, -0.15) is 4.98 Å². The summed E-state index contributed by atoms with van der Waals surface area (Å²) in [5.41, 5.74) is 6.13. The van der Waals surface area contributed by atoms with E-state index in [1.54, 1.807) is 6.07 Å². The molecule has 0 radical (unpaired) electrons. The smallest absolute Gasteiger partial charge is 0.296 e. The molecule has 74 valence electrons. The lowest BCUT2D eigenvalue weighted by molar-refractivity contribution is 0.380. The number of hydrogen-bond acceptors (Lipinski definition) is 6. The highest BCUT2D eigenvalue weighted by atomic mass is 16.5. The van der Waals surface area contributed by atoms with Gasteiger partial charge in [-0.25, -0.2) is 0 Å². The molecule has 0 atom stereocenters. The summed E-state index contributed by atoms with van der Waals surface area (Å²) in [5, 5.41) is 7.46. The molecule has 0 unspecified atom stereocenters. The van der Waals surface area contributed by atoms with Gasteiger partial charge in [-0.3, -0.25) is 0 Å². The standard InChI is InChI=1S/C8H10N4O2/c1-5-4-6(13-11-5)8-10-7(2-3-9)12-14-8/h4H,2-3,9H2,1H3. The SMILES string of the molecule is Cc1cc(-c2nc(CCN)no2)on1. The van der Waals surface area contributed by atoms with Gasteiger partial charge in [-0.1, -0.05) is 10.3 Å².